The summed E-state index contributed by atoms with van der Waals surface area (Å²) >= 11 is 0. The quantitative estimate of drug-likeness (QED) is 0.651. The molecule has 31 heavy (non-hydrogen) atoms. The summed E-state index contributed by atoms with van der Waals surface area (Å²) < 4.78 is 0. The number of aliphatic hydroxyl groups excluding tert-OH is 1. The summed E-state index contributed by atoms with van der Waals surface area (Å²) in [6.45, 7) is 3.91. The molecule has 0 spiro atoms. The Morgan fingerprint density at radius 2 is 1.68 bits per heavy atom. The zero-order valence-corrected chi connectivity index (χ0v) is 17.2. The summed E-state index contributed by atoms with van der Waals surface area (Å²) in [4.78, 5) is 55.1. The Morgan fingerprint density at radius 1 is 0.968 bits per heavy atom. The van der Waals surface area contributed by atoms with Gasteiger partial charge in [0.2, 0.25) is 11.8 Å². The molecule has 9 nitrogen and oxygen atoms in total. The van der Waals surface area contributed by atoms with E-state index in [-0.39, 0.29) is 25.4 Å². The minimum Gasteiger partial charge on any atom is -0.396 e. The van der Waals surface area contributed by atoms with Crippen molar-refractivity contribution in [2.75, 3.05) is 37.7 Å². The maximum absolute atomic E-state index is 13.0. The van der Waals surface area contributed by atoms with Crippen LogP contribution in [-0.4, -0.2) is 83.4 Å². The number of anilines is 1. The first-order valence-corrected chi connectivity index (χ1v) is 10.9. The molecule has 3 fully saturated rings. The summed E-state index contributed by atoms with van der Waals surface area (Å²) in [5, 5.41) is 11.4. The predicted octanol–water partition coefficient (Wildman–Crippen LogP) is -0.0193. The fourth-order valence-electron chi connectivity index (χ4n) is 5.17. The maximum atomic E-state index is 13.0. The van der Waals surface area contributed by atoms with Gasteiger partial charge in [0.25, 0.3) is 11.8 Å². The zero-order chi connectivity index (χ0) is 21.7. The average molecular weight is 426 g/mol. The molecule has 0 aromatic heterocycles. The molecule has 4 aliphatic rings. The third-order valence-electron chi connectivity index (χ3n) is 7.01. The van der Waals surface area contributed by atoms with Crippen LogP contribution in [0.3, 0.4) is 0 Å². The molecule has 164 valence electrons. The molecular formula is C22H26N4O5. The van der Waals surface area contributed by atoms with Crippen molar-refractivity contribution in [3.8, 4) is 0 Å². The number of nitrogens with one attached hydrogen (secondary N) is 1. The maximum Gasteiger partial charge on any atom is 0.262 e. The molecule has 2 N–H and O–H groups in total. The van der Waals surface area contributed by atoms with Gasteiger partial charge < -0.3 is 10.0 Å². The van der Waals surface area contributed by atoms with E-state index in [1.54, 1.807) is 12.1 Å². The van der Waals surface area contributed by atoms with Crippen molar-refractivity contribution in [1.82, 2.24) is 15.1 Å². The smallest absolute Gasteiger partial charge is 0.262 e. The average Bonchev–Trinajstić information content (AvgIpc) is 2.98. The largest absolute Gasteiger partial charge is 0.396 e. The highest BCUT2D eigenvalue weighted by molar-refractivity contribution is 6.23. The second-order valence-corrected chi connectivity index (χ2v) is 8.90. The summed E-state index contributed by atoms with van der Waals surface area (Å²) in [7, 11) is 0. The first-order chi connectivity index (χ1) is 15.0. The van der Waals surface area contributed by atoms with E-state index >= 15 is 0 Å². The number of nitrogens with zero attached hydrogens (tertiary/aromatic N) is 3. The number of rotatable bonds is 4. The first kappa shape index (κ1) is 20.1. The molecule has 4 aliphatic heterocycles. The van der Waals surface area contributed by atoms with Crippen molar-refractivity contribution in [2.45, 2.75) is 37.8 Å². The highest BCUT2D eigenvalue weighted by Gasteiger charge is 2.45. The number of imide groups is 2. The number of amides is 4. The molecular weight excluding hydrogens is 400 g/mol. The topological polar surface area (TPSA) is 110 Å². The zero-order valence-electron chi connectivity index (χ0n) is 17.2. The van der Waals surface area contributed by atoms with E-state index in [4.69, 9.17) is 0 Å². The molecule has 1 aromatic carbocycles. The van der Waals surface area contributed by atoms with E-state index in [1.807, 2.05) is 6.07 Å². The predicted molar refractivity (Wildman–Crippen MR) is 110 cm³/mol. The number of piperidine rings is 2. The molecule has 0 radical (unpaired) electrons. The highest BCUT2D eigenvalue weighted by atomic mass is 16.3. The van der Waals surface area contributed by atoms with Crippen LogP contribution < -0.4 is 10.2 Å². The number of likely N-dealkylation sites (tertiary alicyclic amines) is 1. The summed E-state index contributed by atoms with van der Waals surface area (Å²) in [6.07, 6.45) is 2.30. The summed E-state index contributed by atoms with van der Waals surface area (Å²) in [5.74, 6) is -1.51. The molecule has 0 bridgehead atoms. The number of hydrogen-bond donors (Lipinski definition) is 2. The van der Waals surface area contributed by atoms with E-state index < -0.39 is 23.8 Å². The fraction of sp³-hybridized carbons (Fsp3) is 0.545. The summed E-state index contributed by atoms with van der Waals surface area (Å²) in [6, 6.07) is 4.88. The number of carbonyl (C=O) groups excluding carboxylic acids is 4. The van der Waals surface area contributed by atoms with Crippen LogP contribution in [0.4, 0.5) is 5.69 Å². The lowest BCUT2D eigenvalue weighted by atomic mass is 9.93. The van der Waals surface area contributed by atoms with Gasteiger partial charge >= 0.3 is 0 Å². The van der Waals surface area contributed by atoms with Gasteiger partial charge in [0.05, 0.1) is 11.1 Å². The van der Waals surface area contributed by atoms with Crippen LogP contribution in [0.2, 0.25) is 0 Å². The Balaban J connectivity index is 1.28. The Bertz CT molecular complexity index is 949. The molecule has 9 heteroatoms. The van der Waals surface area contributed by atoms with Gasteiger partial charge in [0, 0.05) is 56.9 Å². The Morgan fingerprint density at radius 3 is 2.35 bits per heavy atom. The van der Waals surface area contributed by atoms with Gasteiger partial charge in [-0.1, -0.05) is 0 Å². The molecule has 1 atom stereocenters. The van der Waals surface area contributed by atoms with Gasteiger partial charge in [-0.3, -0.25) is 34.3 Å². The van der Waals surface area contributed by atoms with E-state index in [1.165, 1.54) is 0 Å². The van der Waals surface area contributed by atoms with Gasteiger partial charge in [0.15, 0.2) is 0 Å². The number of carbonyl (C=O) groups is 4. The molecule has 4 amide bonds. The number of fused-ring (bicyclic) bond motifs is 1. The molecule has 4 heterocycles. The third-order valence-corrected chi connectivity index (χ3v) is 7.01. The minimum absolute atomic E-state index is 0.111. The first-order valence-electron chi connectivity index (χ1n) is 10.9. The van der Waals surface area contributed by atoms with Gasteiger partial charge in [0.1, 0.15) is 6.04 Å². The lowest BCUT2D eigenvalue weighted by Crippen LogP contribution is -2.56. The number of benzene rings is 1. The van der Waals surface area contributed by atoms with Crippen LogP contribution in [0.1, 0.15) is 46.4 Å². The van der Waals surface area contributed by atoms with Gasteiger partial charge in [-0.15, -0.1) is 0 Å². The van der Waals surface area contributed by atoms with E-state index in [0.717, 1.165) is 49.6 Å². The molecule has 1 aromatic rings. The van der Waals surface area contributed by atoms with Gasteiger partial charge in [-0.05, 0) is 37.5 Å². The van der Waals surface area contributed by atoms with E-state index in [9.17, 15) is 24.3 Å². The van der Waals surface area contributed by atoms with Crippen molar-refractivity contribution in [1.29, 1.82) is 0 Å². The molecule has 5 rings (SSSR count). The highest BCUT2D eigenvalue weighted by Crippen LogP contribution is 2.32. The monoisotopic (exact) mass is 426 g/mol. The minimum atomic E-state index is -0.941. The second-order valence-electron chi connectivity index (χ2n) is 8.90. The summed E-state index contributed by atoms with van der Waals surface area (Å²) in [5.41, 5.74) is 1.53. The second kappa shape index (κ2) is 7.72. The molecule has 1 unspecified atom stereocenters. The van der Waals surface area contributed by atoms with Crippen LogP contribution in [0.15, 0.2) is 18.2 Å². The SMILES string of the molecule is O=C1CCC(N2C(=O)c3ccc(N4CCC(N5CC(CO)C5)CC4)cc3C2=O)C(=O)N1. The normalized spacial score (nSPS) is 25.6. The Labute approximate surface area is 180 Å². The van der Waals surface area contributed by atoms with Crippen molar-refractivity contribution < 1.29 is 24.3 Å². The van der Waals surface area contributed by atoms with Crippen LogP contribution in [-0.2, 0) is 9.59 Å². The van der Waals surface area contributed by atoms with Crippen molar-refractivity contribution in [3.05, 3.63) is 29.3 Å². The number of hydrogen-bond acceptors (Lipinski definition) is 7. The number of aliphatic hydroxyl groups is 1. The van der Waals surface area contributed by atoms with Gasteiger partial charge in [-0.25, -0.2) is 0 Å². The van der Waals surface area contributed by atoms with Crippen LogP contribution in [0.5, 0.6) is 0 Å². The van der Waals surface area contributed by atoms with Crippen LogP contribution in [0, 0.1) is 5.92 Å². The van der Waals surface area contributed by atoms with E-state index in [0.29, 0.717) is 23.1 Å². The Hall–Kier alpha value is -2.78. The lowest BCUT2D eigenvalue weighted by molar-refractivity contribution is -0.136. The van der Waals surface area contributed by atoms with E-state index in [2.05, 4.69) is 15.1 Å². The Kier molecular flexibility index (Phi) is 5.02. The molecule has 0 saturated carbocycles. The molecule has 3 saturated heterocycles. The molecule has 0 aliphatic carbocycles. The van der Waals surface area contributed by atoms with Crippen molar-refractivity contribution in [3.63, 3.8) is 0 Å². The third kappa shape index (κ3) is 3.41. The van der Waals surface area contributed by atoms with Crippen LogP contribution in [0.25, 0.3) is 0 Å². The fourth-order valence-corrected chi connectivity index (χ4v) is 5.17. The standard InChI is InChI=1S/C22H26N4O5/c27-12-13-10-25(11-13)14-5-7-24(8-6-14)15-1-2-16-17(9-15)22(31)26(21(16)30)18-3-4-19(28)23-20(18)29/h1-2,9,13-14,18,27H,3-8,10-12H2,(H,23,28,29). The van der Waals surface area contributed by atoms with Crippen molar-refractivity contribution in [2.24, 2.45) is 5.92 Å². The van der Waals surface area contributed by atoms with Crippen molar-refractivity contribution >= 4 is 29.3 Å². The van der Waals surface area contributed by atoms with Gasteiger partial charge in [-0.2, -0.15) is 0 Å². The lowest BCUT2D eigenvalue weighted by Gasteiger charge is -2.47. The van der Waals surface area contributed by atoms with Crippen LogP contribution >= 0.6 is 0 Å².